The van der Waals surface area contributed by atoms with Gasteiger partial charge in [-0.05, 0) is 33.6 Å². The molecule has 0 bridgehead atoms. The van der Waals surface area contributed by atoms with E-state index in [9.17, 15) is 8.42 Å². The fourth-order valence-corrected chi connectivity index (χ4v) is 2.94. The van der Waals surface area contributed by atoms with Crippen LogP contribution in [-0.2, 0) is 23.1 Å². The van der Waals surface area contributed by atoms with Crippen molar-refractivity contribution >= 4 is 10.0 Å². The summed E-state index contributed by atoms with van der Waals surface area (Å²) in [6.45, 7) is 7.42. The summed E-state index contributed by atoms with van der Waals surface area (Å²) in [6, 6.07) is 1.74. The SMILES string of the molecule is CCNCc1cc(S(=O)(=O)NCCN(C)C)cn1CC. The minimum Gasteiger partial charge on any atom is -0.349 e. The molecular weight excluding hydrogens is 276 g/mol. The first-order valence-corrected chi connectivity index (χ1v) is 8.43. The number of nitrogens with zero attached hydrogens (tertiary/aromatic N) is 2. The molecule has 7 heteroatoms. The van der Waals surface area contributed by atoms with E-state index in [1.165, 1.54) is 0 Å². The standard InChI is InChI=1S/C13H26N4O2S/c1-5-14-10-12-9-13(11-17(12)6-2)20(18,19)15-7-8-16(3)4/h9,11,14-15H,5-8,10H2,1-4H3. The van der Waals surface area contributed by atoms with Gasteiger partial charge in [-0.1, -0.05) is 6.92 Å². The van der Waals surface area contributed by atoms with E-state index in [1.54, 1.807) is 12.3 Å². The Labute approximate surface area is 122 Å². The van der Waals surface area contributed by atoms with Gasteiger partial charge in [0, 0.05) is 38.1 Å². The van der Waals surface area contributed by atoms with Crippen LogP contribution in [-0.4, -0.2) is 51.6 Å². The van der Waals surface area contributed by atoms with E-state index in [1.807, 2.05) is 37.4 Å². The minimum absolute atomic E-state index is 0.339. The minimum atomic E-state index is -3.42. The van der Waals surface area contributed by atoms with Gasteiger partial charge in [0.05, 0.1) is 4.90 Å². The Morgan fingerprint density at radius 1 is 1.30 bits per heavy atom. The summed E-state index contributed by atoms with van der Waals surface area (Å²) in [5.41, 5.74) is 0.988. The fourth-order valence-electron chi connectivity index (χ4n) is 1.85. The van der Waals surface area contributed by atoms with E-state index >= 15 is 0 Å². The first-order chi connectivity index (χ1) is 9.40. The normalized spacial score (nSPS) is 12.2. The Morgan fingerprint density at radius 3 is 2.55 bits per heavy atom. The Hall–Kier alpha value is -0.890. The van der Waals surface area contributed by atoms with Gasteiger partial charge in [-0.15, -0.1) is 0 Å². The van der Waals surface area contributed by atoms with E-state index in [0.29, 0.717) is 24.5 Å². The number of aryl methyl sites for hydroxylation is 1. The molecule has 2 N–H and O–H groups in total. The lowest BCUT2D eigenvalue weighted by molar-refractivity contribution is 0.412. The van der Waals surface area contributed by atoms with Crippen molar-refractivity contribution in [2.24, 2.45) is 0 Å². The highest BCUT2D eigenvalue weighted by Crippen LogP contribution is 2.14. The van der Waals surface area contributed by atoms with Crippen molar-refractivity contribution in [1.29, 1.82) is 0 Å². The van der Waals surface area contributed by atoms with E-state index in [-0.39, 0.29) is 0 Å². The number of aromatic nitrogens is 1. The second kappa shape index (κ2) is 7.78. The zero-order chi connectivity index (χ0) is 15.2. The van der Waals surface area contributed by atoms with Crippen molar-refractivity contribution in [3.05, 3.63) is 18.0 Å². The molecule has 0 fully saturated rings. The van der Waals surface area contributed by atoms with E-state index in [2.05, 4.69) is 10.0 Å². The van der Waals surface area contributed by atoms with E-state index in [0.717, 1.165) is 18.8 Å². The number of likely N-dealkylation sites (N-methyl/N-ethyl adjacent to an activating group) is 1. The molecule has 0 atom stereocenters. The summed E-state index contributed by atoms with van der Waals surface area (Å²) >= 11 is 0. The summed E-state index contributed by atoms with van der Waals surface area (Å²) in [6.07, 6.45) is 1.70. The topological polar surface area (TPSA) is 66.4 Å². The van der Waals surface area contributed by atoms with Crippen LogP contribution in [0.4, 0.5) is 0 Å². The molecule has 1 heterocycles. The Bertz CT molecular complexity index is 508. The molecule has 0 spiro atoms. The van der Waals surface area contributed by atoms with Gasteiger partial charge in [0.1, 0.15) is 0 Å². The first kappa shape index (κ1) is 17.2. The van der Waals surface area contributed by atoms with Gasteiger partial charge in [-0.2, -0.15) is 0 Å². The molecule has 1 rings (SSSR count). The molecule has 0 amide bonds. The summed E-state index contributed by atoms with van der Waals surface area (Å²) in [7, 11) is 0.408. The van der Waals surface area contributed by atoms with Crippen LogP contribution in [0, 0.1) is 0 Å². The smallest absolute Gasteiger partial charge is 0.242 e. The summed E-state index contributed by atoms with van der Waals surface area (Å²) in [5, 5.41) is 3.22. The van der Waals surface area contributed by atoms with Crippen LogP contribution in [0.2, 0.25) is 0 Å². The zero-order valence-corrected chi connectivity index (χ0v) is 13.6. The van der Waals surface area contributed by atoms with Crippen molar-refractivity contribution in [3.63, 3.8) is 0 Å². The highest BCUT2D eigenvalue weighted by molar-refractivity contribution is 7.89. The monoisotopic (exact) mass is 302 g/mol. The Kier molecular flexibility index (Phi) is 6.67. The van der Waals surface area contributed by atoms with Crippen LogP contribution >= 0.6 is 0 Å². The average Bonchev–Trinajstić information content (AvgIpc) is 2.79. The first-order valence-electron chi connectivity index (χ1n) is 6.94. The number of hydrogen-bond acceptors (Lipinski definition) is 4. The molecule has 116 valence electrons. The van der Waals surface area contributed by atoms with Crippen molar-refractivity contribution in [2.75, 3.05) is 33.7 Å². The molecule has 0 aromatic carbocycles. The van der Waals surface area contributed by atoms with Crippen LogP contribution in [0.5, 0.6) is 0 Å². The third kappa shape index (κ3) is 4.90. The second-order valence-electron chi connectivity index (χ2n) is 4.93. The highest BCUT2D eigenvalue weighted by atomic mass is 32.2. The Balaban J connectivity index is 2.81. The number of nitrogens with one attached hydrogen (secondary N) is 2. The fraction of sp³-hybridized carbons (Fsp3) is 0.692. The van der Waals surface area contributed by atoms with E-state index < -0.39 is 10.0 Å². The lowest BCUT2D eigenvalue weighted by Crippen LogP contribution is -2.31. The van der Waals surface area contributed by atoms with Gasteiger partial charge in [-0.25, -0.2) is 13.1 Å². The third-order valence-corrected chi connectivity index (χ3v) is 4.45. The molecule has 6 nitrogen and oxygen atoms in total. The largest absolute Gasteiger partial charge is 0.349 e. The van der Waals surface area contributed by atoms with E-state index in [4.69, 9.17) is 0 Å². The van der Waals surface area contributed by atoms with Gasteiger partial charge < -0.3 is 14.8 Å². The molecule has 1 aromatic heterocycles. The predicted molar refractivity (Wildman–Crippen MR) is 81.2 cm³/mol. The lowest BCUT2D eigenvalue weighted by Gasteiger charge is -2.10. The molecule has 0 radical (unpaired) electrons. The summed E-state index contributed by atoms with van der Waals surface area (Å²) in [4.78, 5) is 2.28. The van der Waals surface area contributed by atoms with Crippen molar-refractivity contribution < 1.29 is 8.42 Å². The molecule has 0 saturated heterocycles. The van der Waals surface area contributed by atoms with Crippen LogP contribution in [0.3, 0.4) is 0 Å². The van der Waals surface area contributed by atoms with Crippen LogP contribution in [0.1, 0.15) is 19.5 Å². The predicted octanol–water partition coefficient (Wildman–Crippen LogP) is 0.457. The van der Waals surface area contributed by atoms with Gasteiger partial charge in [0.2, 0.25) is 10.0 Å². The Morgan fingerprint density at radius 2 is 2.00 bits per heavy atom. The van der Waals surface area contributed by atoms with Crippen LogP contribution in [0.25, 0.3) is 0 Å². The molecule has 0 saturated carbocycles. The molecular formula is C13H26N4O2S. The quantitative estimate of drug-likeness (QED) is 0.695. The van der Waals surface area contributed by atoms with Gasteiger partial charge in [0.15, 0.2) is 0 Å². The van der Waals surface area contributed by atoms with Gasteiger partial charge >= 0.3 is 0 Å². The molecule has 0 unspecified atom stereocenters. The van der Waals surface area contributed by atoms with Crippen molar-refractivity contribution in [1.82, 2.24) is 19.5 Å². The summed E-state index contributed by atoms with van der Waals surface area (Å²) < 4.78 is 29.0. The van der Waals surface area contributed by atoms with Crippen LogP contribution in [0.15, 0.2) is 17.2 Å². The average molecular weight is 302 g/mol. The van der Waals surface area contributed by atoms with Crippen LogP contribution < -0.4 is 10.0 Å². The third-order valence-electron chi connectivity index (χ3n) is 3.02. The number of rotatable bonds is 9. The van der Waals surface area contributed by atoms with Crippen molar-refractivity contribution in [3.8, 4) is 0 Å². The maximum Gasteiger partial charge on any atom is 0.242 e. The number of hydrogen-bond donors (Lipinski definition) is 2. The molecule has 0 aliphatic rings. The maximum absolute atomic E-state index is 12.2. The molecule has 0 aliphatic carbocycles. The number of sulfonamides is 1. The summed E-state index contributed by atoms with van der Waals surface area (Å²) in [5.74, 6) is 0. The molecule has 20 heavy (non-hydrogen) atoms. The highest BCUT2D eigenvalue weighted by Gasteiger charge is 2.17. The molecule has 0 aliphatic heterocycles. The van der Waals surface area contributed by atoms with Gasteiger partial charge in [0.25, 0.3) is 0 Å². The maximum atomic E-state index is 12.2. The second-order valence-corrected chi connectivity index (χ2v) is 6.70. The van der Waals surface area contributed by atoms with Crippen molar-refractivity contribution in [2.45, 2.75) is 31.8 Å². The zero-order valence-electron chi connectivity index (χ0n) is 12.8. The molecule has 1 aromatic rings. The lowest BCUT2D eigenvalue weighted by atomic mass is 10.4. The van der Waals surface area contributed by atoms with Gasteiger partial charge in [-0.3, -0.25) is 0 Å².